The number of cyclic esters (lactones) is 1. The number of thioether (sulfide) groups is 1. The fourth-order valence-corrected chi connectivity index (χ4v) is 4.21. The Morgan fingerprint density at radius 1 is 1.18 bits per heavy atom. The summed E-state index contributed by atoms with van der Waals surface area (Å²) in [6.07, 6.45) is 1.09. The number of morpholine rings is 1. The fourth-order valence-electron chi connectivity index (χ4n) is 3.31. The van der Waals surface area contributed by atoms with Crippen LogP contribution in [0.4, 0.5) is 16.2 Å². The molecule has 0 aromatic heterocycles. The van der Waals surface area contributed by atoms with E-state index in [0.29, 0.717) is 25.4 Å². The molecular weight excluding hydrogens is 382 g/mol. The molecule has 0 unspecified atom stereocenters. The molecule has 148 valence electrons. The third-order valence-corrected chi connectivity index (χ3v) is 5.74. The Bertz CT molecular complexity index is 810. The molecule has 3 heterocycles. The van der Waals surface area contributed by atoms with Gasteiger partial charge >= 0.3 is 6.09 Å². The Labute approximate surface area is 166 Å². The minimum atomic E-state index is -0.440. The van der Waals surface area contributed by atoms with Gasteiger partial charge in [0.25, 0.3) is 5.91 Å². The average molecular weight is 403 g/mol. The molecular formula is C19H21N3O5S. The van der Waals surface area contributed by atoms with Gasteiger partial charge in [-0.05, 0) is 24.3 Å². The van der Waals surface area contributed by atoms with Gasteiger partial charge in [0.05, 0.1) is 19.7 Å². The Kier molecular flexibility index (Phi) is 5.54. The highest BCUT2D eigenvalue weighted by atomic mass is 32.2. The van der Waals surface area contributed by atoms with Gasteiger partial charge in [-0.1, -0.05) is 6.08 Å². The summed E-state index contributed by atoms with van der Waals surface area (Å²) >= 11 is 1.70. The zero-order valence-corrected chi connectivity index (χ0v) is 16.1. The Morgan fingerprint density at radius 3 is 2.61 bits per heavy atom. The molecule has 3 amide bonds. The van der Waals surface area contributed by atoms with E-state index in [9.17, 15) is 14.4 Å². The van der Waals surface area contributed by atoms with Gasteiger partial charge in [0.2, 0.25) is 5.91 Å². The first-order valence-corrected chi connectivity index (χ1v) is 10.3. The van der Waals surface area contributed by atoms with E-state index in [2.05, 4.69) is 5.32 Å². The third kappa shape index (κ3) is 4.00. The maximum atomic E-state index is 12.2. The van der Waals surface area contributed by atoms with E-state index < -0.39 is 12.2 Å². The van der Waals surface area contributed by atoms with Crippen LogP contribution in [-0.2, 0) is 19.1 Å². The number of carbonyl (C=O) groups is 3. The van der Waals surface area contributed by atoms with Crippen LogP contribution in [0, 0.1) is 0 Å². The van der Waals surface area contributed by atoms with Crippen molar-refractivity contribution in [3.8, 4) is 0 Å². The molecule has 9 heteroatoms. The lowest BCUT2D eigenvalue weighted by Gasteiger charge is -2.27. The number of nitrogens with zero attached hydrogens (tertiary/aromatic N) is 2. The second-order valence-electron chi connectivity index (χ2n) is 6.69. The largest absolute Gasteiger partial charge is 0.442 e. The van der Waals surface area contributed by atoms with E-state index in [0.717, 1.165) is 22.8 Å². The van der Waals surface area contributed by atoms with Gasteiger partial charge in [-0.2, -0.15) is 11.8 Å². The van der Waals surface area contributed by atoms with Crippen LogP contribution in [0.5, 0.6) is 0 Å². The van der Waals surface area contributed by atoms with E-state index in [1.807, 2.05) is 18.2 Å². The average Bonchev–Trinajstić information content (AvgIpc) is 3.37. The molecule has 0 radical (unpaired) electrons. The third-order valence-electron chi connectivity index (χ3n) is 4.82. The van der Waals surface area contributed by atoms with Crippen molar-refractivity contribution in [2.75, 3.05) is 54.2 Å². The van der Waals surface area contributed by atoms with Gasteiger partial charge in [0.15, 0.2) is 0 Å². The minimum Gasteiger partial charge on any atom is -0.442 e. The molecule has 2 saturated heterocycles. The maximum absolute atomic E-state index is 12.2. The first kappa shape index (κ1) is 18.8. The zero-order chi connectivity index (χ0) is 19.5. The summed E-state index contributed by atoms with van der Waals surface area (Å²) in [5.74, 6) is 1.41. The van der Waals surface area contributed by atoms with Crippen molar-refractivity contribution in [2.24, 2.45) is 0 Å². The van der Waals surface area contributed by atoms with Crippen molar-refractivity contribution in [2.45, 2.75) is 6.10 Å². The molecule has 3 aliphatic rings. The van der Waals surface area contributed by atoms with Crippen LogP contribution in [0.2, 0.25) is 0 Å². The first-order valence-electron chi connectivity index (χ1n) is 9.13. The van der Waals surface area contributed by atoms with Gasteiger partial charge in [0, 0.05) is 35.0 Å². The molecule has 0 bridgehead atoms. The predicted octanol–water partition coefficient (Wildman–Crippen LogP) is 1.16. The molecule has 1 aromatic rings. The monoisotopic (exact) mass is 403 g/mol. The van der Waals surface area contributed by atoms with Gasteiger partial charge in [0.1, 0.15) is 12.7 Å². The second kappa shape index (κ2) is 8.24. The van der Waals surface area contributed by atoms with E-state index in [-0.39, 0.29) is 25.0 Å². The van der Waals surface area contributed by atoms with E-state index in [1.165, 1.54) is 4.90 Å². The van der Waals surface area contributed by atoms with E-state index in [4.69, 9.17) is 9.47 Å². The topological polar surface area (TPSA) is 88.2 Å². The molecule has 0 aliphatic carbocycles. The van der Waals surface area contributed by atoms with Gasteiger partial charge in [-0.25, -0.2) is 4.79 Å². The van der Waals surface area contributed by atoms with Crippen LogP contribution < -0.4 is 15.1 Å². The predicted molar refractivity (Wildman–Crippen MR) is 106 cm³/mol. The summed E-state index contributed by atoms with van der Waals surface area (Å²) in [6, 6.07) is 7.21. The molecule has 0 saturated carbocycles. The van der Waals surface area contributed by atoms with Crippen molar-refractivity contribution in [1.29, 1.82) is 0 Å². The summed E-state index contributed by atoms with van der Waals surface area (Å²) < 4.78 is 10.5. The van der Waals surface area contributed by atoms with Crippen molar-refractivity contribution >= 4 is 41.0 Å². The summed E-state index contributed by atoms with van der Waals surface area (Å²) in [7, 11) is 0. The lowest BCUT2D eigenvalue weighted by atomic mass is 10.2. The lowest BCUT2D eigenvalue weighted by molar-refractivity contribution is -0.125. The van der Waals surface area contributed by atoms with Crippen LogP contribution in [0.15, 0.2) is 35.9 Å². The van der Waals surface area contributed by atoms with Crippen molar-refractivity contribution in [3.05, 3.63) is 35.9 Å². The second-order valence-corrected chi connectivity index (χ2v) is 7.72. The molecule has 2 fully saturated rings. The number of amides is 3. The Balaban J connectivity index is 1.34. The number of rotatable bonds is 5. The molecule has 4 rings (SSSR count). The first-order chi connectivity index (χ1) is 13.6. The quantitative estimate of drug-likeness (QED) is 0.794. The SMILES string of the molecule is O=C(NC[C@H]1CN(c2ccc(N3CCOCC3=O)cc2)C(=O)O1)C1=CCSC1. The Hall–Kier alpha value is -2.52. The lowest BCUT2D eigenvalue weighted by Crippen LogP contribution is -2.41. The number of benzene rings is 1. The molecule has 0 spiro atoms. The molecule has 1 atom stereocenters. The Morgan fingerprint density at radius 2 is 1.93 bits per heavy atom. The highest BCUT2D eigenvalue weighted by Gasteiger charge is 2.33. The molecule has 1 aromatic carbocycles. The maximum Gasteiger partial charge on any atom is 0.414 e. The van der Waals surface area contributed by atoms with Crippen LogP contribution in [0.25, 0.3) is 0 Å². The van der Waals surface area contributed by atoms with Crippen molar-refractivity contribution in [1.82, 2.24) is 5.32 Å². The molecule has 28 heavy (non-hydrogen) atoms. The van der Waals surface area contributed by atoms with Crippen molar-refractivity contribution in [3.63, 3.8) is 0 Å². The van der Waals surface area contributed by atoms with Gasteiger partial charge < -0.3 is 19.7 Å². The van der Waals surface area contributed by atoms with Crippen molar-refractivity contribution < 1.29 is 23.9 Å². The normalized spacial score (nSPS) is 22.3. The summed E-state index contributed by atoms with van der Waals surface area (Å²) in [4.78, 5) is 39.4. The van der Waals surface area contributed by atoms with E-state index in [1.54, 1.807) is 28.8 Å². The minimum absolute atomic E-state index is 0.0776. The summed E-state index contributed by atoms with van der Waals surface area (Å²) in [5, 5.41) is 2.84. The van der Waals surface area contributed by atoms with Gasteiger partial charge in [-0.15, -0.1) is 0 Å². The summed E-state index contributed by atoms with van der Waals surface area (Å²) in [6.45, 7) is 1.75. The number of ether oxygens (including phenoxy) is 2. The number of hydrogen-bond acceptors (Lipinski definition) is 6. The number of nitrogens with one attached hydrogen (secondary N) is 1. The highest BCUT2D eigenvalue weighted by molar-refractivity contribution is 7.99. The van der Waals surface area contributed by atoms with Crippen LogP contribution in [0.1, 0.15) is 0 Å². The molecule has 3 aliphatic heterocycles. The standard InChI is InChI=1S/C19H21N3O5S/c23-17-11-26-7-6-21(17)14-1-3-15(4-2-14)22-10-16(27-19(22)25)9-20-18(24)13-5-8-28-12-13/h1-5,16H,6-12H2,(H,20,24)/t16-/m0/s1. The molecule has 8 nitrogen and oxygen atoms in total. The molecule has 1 N–H and O–H groups in total. The summed E-state index contributed by atoms with van der Waals surface area (Å²) in [5.41, 5.74) is 2.24. The van der Waals surface area contributed by atoms with Crippen LogP contribution in [0.3, 0.4) is 0 Å². The zero-order valence-electron chi connectivity index (χ0n) is 15.3. The number of hydrogen-bond donors (Lipinski definition) is 1. The van der Waals surface area contributed by atoms with Crippen LogP contribution in [-0.4, -0.2) is 68.4 Å². The smallest absolute Gasteiger partial charge is 0.414 e. The highest BCUT2D eigenvalue weighted by Crippen LogP contribution is 2.25. The fraction of sp³-hybridized carbons (Fsp3) is 0.421. The van der Waals surface area contributed by atoms with Crippen LogP contribution >= 0.6 is 11.8 Å². The van der Waals surface area contributed by atoms with Gasteiger partial charge in [-0.3, -0.25) is 14.5 Å². The number of carbonyl (C=O) groups excluding carboxylic acids is 3. The van der Waals surface area contributed by atoms with E-state index >= 15 is 0 Å². The number of anilines is 2.